The summed E-state index contributed by atoms with van der Waals surface area (Å²) in [5.74, 6) is -0.398. The predicted octanol–water partition coefficient (Wildman–Crippen LogP) is 4.53. The number of carbonyl (C=O) groups is 1. The highest BCUT2D eigenvalue weighted by Crippen LogP contribution is 2.47. The number of fused-ring (bicyclic) bond motifs is 1. The van der Waals surface area contributed by atoms with Crippen molar-refractivity contribution in [3.63, 3.8) is 0 Å². The van der Waals surface area contributed by atoms with Gasteiger partial charge in [-0.3, -0.25) is 0 Å². The molecule has 0 bridgehead atoms. The fraction of sp³-hybridized carbons (Fsp3) is 0.542. The molecule has 4 nitrogen and oxygen atoms in total. The Morgan fingerprint density at radius 2 is 2.04 bits per heavy atom. The van der Waals surface area contributed by atoms with Gasteiger partial charge >= 0.3 is 5.97 Å². The van der Waals surface area contributed by atoms with E-state index in [1.54, 1.807) is 6.08 Å². The molecule has 1 aromatic carbocycles. The maximum atomic E-state index is 12.5. The van der Waals surface area contributed by atoms with Crippen LogP contribution in [0.4, 0.5) is 0 Å². The molecule has 1 fully saturated rings. The van der Waals surface area contributed by atoms with E-state index < -0.39 is 6.10 Å². The van der Waals surface area contributed by atoms with E-state index in [-0.39, 0.29) is 35.6 Å². The van der Waals surface area contributed by atoms with Crippen molar-refractivity contribution in [1.82, 2.24) is 0 Å². The van der Waals surface area contributed by atoms with Crippen LogP contribution >= 0.6 is 0 Å². The second-order valence-electron chi connectivity index (χ2n) is 8.68. The van der Waals surface area contributed by atoms with Gasteiger partial charge in [0, 0.05) is 18.4 Å². The topological polar surface area (TPSA) is 59.1 Å². The number of hydrogen-bond donors (Lipinski definition) is 1. The Balaban J connectivity index is 1.79. The van der Waals surface area contributed by atoms with E-state index in [2.05, 4.69) is 33.8 Å². The van der Waals surface area contributed by atoms with Gasteiger partial charge in [0.05, 0.1) is 11.7 Å². The Morgan fingerprint density at radius 1 is 1.32 bits per heavy atom. The van der Waals surface area contributed by atoms with Crippen LogP contribution in [0, 0.1) is 11.8 Å². The molecule has 1 heterocycles. The van der Waals surface area contributed by atoms with Gasteiger partial charge < -0.3 is 14.6 Å². The molecule has 0 aromatic heterocycles. The average molecular weight is 385 g/mol. The fourth-order valence-corrected chi connectivity index (χ4v) is 4.31. The van der Waals surface area contributed by atoms with Crippen molar-refractivity contribution < 1.29 is 19.4 Å². The van der Waals surface area contributed by atoms with Crippen LogP contribution in [-0.4, -0.2) is 35.0 Å². The third-order valence-electron chi connectivity index (χ3n) is 5.98. The molecule has 1 saturated heterocycles. The molecule has 0 radical (unpaired) electrons. The molecule has 28 heavy (non-hydrogen) atoms. The summed E-state index contributed by atoms with van der Waals surface area (Å²) in [5.41, 5.74) is 1.86. The Hall–Kier alpha value is -1.91. The zero-order valence-corrected chi connectivity index (χ0v) is 17.3. The summed E-state index contributed by atoms with van der Waals surface area (Å²) in [5, 5.41) is 11.1. The maximum absolute atomic E-state index is 12.5. The molecule has 1 N–H and O–H groups in total. The molecule has 0 spiro atoms. The van der Waals surface area contributed by atoms with E-state index in [0.717, 1.165) is 18.4 Å². The SMILES string of the molecule is CC1=CCCC2(C)OC2C(O)C(C(C)C)C(OC(=O)C=Cc2ccccc2)C1. The second kappa shape index (κ2) is 8.62. The molecule has 5 unspecified atom stereocenters. The quantitative estimate of drug-likeness (QED) is 0.359. The van der Waals surface area contributed by atoms with Crippen LogP contribution in [0.2, 0.25) is 0 Å². The van der Waals surface area contributed by atoms with Crippen LogP contribution in [0.3, 0.4) is 0 Å². The average Bonchev–Trinajstić information content (AvgIpc) is 3.31. The van der Waals surface area contributed by atoms with Crippen molar-refractivity contribution in [2.45, 2.75) is 70.9 Å². The Bertz CT molecular complexity index is 736. The lowest BCUT2D eigenvalue weighted by Gasteiger charge is -2.34. The summed E-state index contributed by atoms with van der Waals surface area (Å²) < 4.78 is 11.8. The number of aliphatic hydroxyl groups is 1. The number of hydrogen-bond acceptors (Lipinski definition) is 4. The number of allylic oxidation sites excluding steroid dienone is 1. The normalized spacial score (nSPS) is 33.3. The van der Waals surface area contributed by atoms with Crippen LogP contribution in [0.25, 0.3) is 6.08 Å². The molecular weight excluding hydrogens is 352 g/mol. The zero-order valence-electron chi connectivity index (χ0n) is 17.3. The number of aliphatic hydroxyl groups excluding tert-OH is 1. The highest BCUT2D eigenvalue weighted by Gasteiger charge is 2.58. The molecule has 2 aliphatic rings. The van der Waals surface area contributed by atoms with E-state index in [4.69, 9.17) is 9.47 Å². The summed E-state index contributed by atoms with van der Waals surface area (Å²) in [6.07, 6.45) is 6.66. The summed E-state index contributed by atoms with van der Waals surface area (Å²) in [7, 11) is 0. The van der Waals surface area contributed by atoms with Gasteiger partial charge in [-0.15, -0.1) is 0 Å². The van der Waals surface area contributed by atoms with Gasteiger partial charge in [0.25, 0.3) is 0 Å². The van der Waals surface area contributed by atoms with Gasteiger partial charge in [0.2, 0.25) is 0 Å². The summed E-state index contributed by atoms with van der Waals surface area (Å²) in [4.78, 5) is 12.5. The molecular formula is C24H32O4. The van der Waals surface area contributed by atoms with Gasteiger partial charge in [-0.05, 0) is 44.2 Å². The molecule has 1 aliphatic carbocycles. The number of rotatable bonds is 4. The smallest absolute Gasteiger partial charge is 0.331 e. The van der Waals surface area contributed by atoms with Crippen molar-refractivity contribution in [3.8, 4) is 0 Å². The first-order valence-corrected chi connectivity index (χ1v) is 10.3. The Morgan fingerprint density at radius 3 is 2.71 bits per heavy atom. The number of benzene rings is 1. The first kappa shape index (κ1) is 20.8. The summed E-state index contributed by atoms with van der Waals surface area (Å²) >= 11 is 0. The van der Waals surface area contributed by atoms with Gasteiger partial charge in [-0.25, -0.2) is 4.79 Å². The van der Waals surface area contributed by atoms with Crippen molar-refractivity contribution in [3.05, 3.63) is 53.6 Å². The van der Waals surface area contributed by atoms with Crippen LogP contribution in [0.5, 0.6) is 0 Å². The lowest BCUT2D eigenvalue weighted by atomic mass is 9.78. The van der Waals surface area contributed by atoms with E-state index in [0.29, 0.717) is 6.42 Å². The highest BCUT2D eigenvalue weighted by molar-refractivity contribution is 5.87. The van der Waals surface area contributed by atoms with Gasteiger partial charge in [0.1, 0.15) is 12.2 Å². The van der Waals surface area contributed by atoms with Crippen LogP contribution in [0.1, 0.15) is 52.5 Å². The molecule has 0 amide bonds. The minimum absolute atomic E-state index is 0.159. The maximum Gasteiger partial charge on any atom is 0.331 e. The van der Waals surface area contributed by atoms with Gasteiger partial charge in [-0.1, -0.05) is 55.8 Å². The molecule has 1 aromatic rings. The summed E-state index contributed by atoms with van der Waals surface area (Å²) in [6, 6.07) is 9.67. The molecule has 5 atom stereocenters. The molecule has 152 valence electrons. The monoisotopic (exact) mass is 384 g/mol. The Kier molecular flexibility index (Phi) is 6.41. The minimum atomic E-state index is -0.646. The predicted molar refractivity (Wildman–Crippen MR) is 111 cm³/mol. The van der Waals surface area contributed by atoms with E-state index in [1.165, 1.54) is 11.6 Å². The first-order chi connectivity index (χ1) is 13.3. The van der Waals surface area contributed by atoms with Crippen LogP contribution in [-0.2, 0) is 14.3 Å². The first-order valence-electron chi connectivity index (χ1n) is 10.3. The standard InChI is InChI=1S/C24H32O4/c1-16(2)21-19(27-20(25)13-12-18-10-6-5-7-11-18)15-17(3)9-8-14-24(4)23(28-24)22(21)26/h5-7,9-13,16,19,21-23,26H,8,14-15H2,1-4H3. The van der Waals surface area contributed by atoms with Gasteiger partial charge in [0.15, 0.2) is 0 Å². The lowest BCUT2D eigenvalue weighted by molar-refractivity contribution is -0.150. The molecule has 4 heteroatoms. The largest absolute Gasteiger partial charge is 0.458 e. The lowest BCUT2D eigenvalue weighted by Crippen LogP contribution is -2.43. The minimum Gasteiger partial charge on any atom is -0.458 e. The van der Waals surface area contributed by atoms with Crippen molar-refractivity contribution >= 4 is 12.0 Å². The molecule has 1 aliphatic heterocycles. The Labute approximate surface area is 168 Å². The third kappa shape index (κ3) is 4.92. The highest BCUT2D eigenvalue weighted by atomic mass is 16.6. The zero-order chi connectivity index (χ0) is 20.3. The van der Waals surface area contributed by atoms with Crippen molar-refractivity contribution in [1.29, 1.82) is 0 Å². The van der Waals surface area contributed by atoms with Crippen molar-refractivity contribution in [2.24, 2.45) is 11.8 Å². The third-order valence-corrected chi connectivity index (χ3v) is 5.98. The van der Waals surface area contributed by atoms with Crippen LogP contribution < -0.4 is 0 Å². The fourth-order valence-electron chi connectivity index (χ4n) is 4.31. The number of ether oxygens (including phenoxy) is 2. The number of carbonyl (C=O) groups excluding carboxylic acids is 1. The van der Waals surface area contributed by atoms with E-state index in [1.807, 2.05) is 30.3 Å². The second-order valence-corrected chi connectivity index (χ2v) is 8.68. The van der Waals surface area contributed by atoms with E-state index >= 15 is 0 Å². The summed E-state index contributed by atoms with van der Waals surface area (Å²) in [6.45, 7) is 8.27. The van der Waals surface area contributed by atoms with Crippen molar-refractivity contribution in [2.75, 3.05) is 0 Å². The molecule has 0 saturated carbocycles. The van der Waals surface area contributed by atoms with E-state index in [9.17, 15) is 9.90 Å². The number of epoxide rings is 1. The molecule has 3 rings (SSSR count). The number of esters is 1. The van der Waals surface area contributed by atoms with Gasteiger partial charge in [-0.2, -0.15) is 0 Å². The van der Waals surface area contributed by atoms with Crippen LogP contribution in [0.15, 0.2) is 48.1 Å².